The Morgan fingerprint density at radius 2 is 1.68 bits per heavy atom. The molecule has 1 atom stereocenters. The number of nitrogens with two attached hydrogens (primary N) is 2. The summed E-state index contributed by atoms with van der Waals surface area (Å²) in [6, 6.07) is 12.6. The van der Waals surface area contributed by atoms with Crippen molar-refractivity contribution < 1.29 is 19.1 Å². The molecule has 1 unspecified atom stereocenters. The molecule has 0 spiro atoms. The fourth-order valence-corrected chi connectivity index (χ4v) is 5.52. The Morgan fingerprint density at radius 3 is 2.34 bits per heavy atom. The second-order valence-electron chi connectivity index (χ2n) is 11.3. The molecule has 0 amide bonds. The van der Waals surface area contributed by atoms with E-state index in [9.17, 15) is 9.59 Å². The summed E-state index contributed by atoms with van der Waals surface area (Å²) in [6.45, 7) is 6.17. The first-order valence-electron chi connectivity index (χ1n) is 15.3. The van der Waals surface area contributed by atoms with Crippen molar-refractivity contribution in [2.75, 3.05) is 18.1 Å². The van der Waals surface area contributed by atoms with Crippen LogP contribution in [0, 0.1) is 5.92 Å². The molecule has 0 radical (unpaired) electrons. The van der Waals surface area contributed by atoms with E-state index in [1.54, 1.807) is 24.3 Å². The van der Waals surface area contributed by atoms with Crippen molar-refractivity contribution >= 4 is 29.4 Å². The Labute approximate surface area is 246 Å². The molecule has 6 heteroatoms. The Morgan fingerprint density at radius 1 is 0.976 bits per heavy atom. The number of ether oxygens (including phenoxy) is 2. The van der Waals surface area contributed by atoms with Crippen LogP contribution in [0.2, 0.25) is 0 Å². The minimum absolute atomic E-state index is 0.00113. The second-order valence-corrected chi connectivity index (χ2v) is 11.3. The molecule has 0 heterocycles. The van der Waals surface area contributed by atoms with Gasteiger partial charge >= 0.3 is 11.9 Å². The zero-order chi connectivity index (χ0) is 29.5. The summed E-state index contributed by atoms with van der Waals surface area (Å²) in [5, 5.41) is 0. The highest BCUT2D eigenvalue weighted by molar-refractivity contribution is 5.90. The number of anilines is 2. The van der Waals surface area contributed by atoms with Crippen molar-refractivity contribution in [3.05, 3.63) is 77.9 Å². The number of carbonyl (C=O) groups excluding carboxylic acids is 2. The molecule has 1 saturated carbocycles. The predicted molar refractivity (Wildman–Crippen MR) is 168 cm³/mol. The topological polar surface area (TPSA) is 105 Å². The van der Waals surface area contributed by atoms with Crippen LogP contribution < -0.4 is 11.5 Å². The molecule has 3 rings (SSSR count). The number of allylic oxidation sites excluding steroid dienone is 1. The number of rotatable bonds is 16. The van der Waals surface area contributed by atoms with Gasteiger partial charge in [-0.1, -0.05) is 57.2 Å². The van der Waals surface area contributed by atoms with E-state index in [1.807, 2.05) is 30.3 Å². The molecule has 6 nitrogen and oxygen atoms in total. The Hall–Kier alpha value is -3.54. The molecule has 4 N–H and O–H groups in total. The molecule has 0 aromatic heterocycles. The van der Waals surface area contributed by atoms with E-state index >= 15 is 0 Å². The maximum Gasteiger partial charge on any atom is 0.338 e. The average Bonchev–Trinajstić information content (AvgIpc) is 2.96. The van der Waals surface area contributed by atoms with Gasteiger partial charge in [0.1, 0.15) is 6.10 Å². The van der Waals surface area contributed by atoms with Crippen LogP contribution in [0.4, 0.5) is 11.4 Å². The van der Waals surface area contributed by atoms with E-state index in [4.69, 9.17) is 20.9 Å². The molecule has 2 aromatic carbocycles. The highest BCUT2D eigenvalue weighted by Gasteiger charge is 2.24. The molecular formula is C35H48N2O4. The van der Waals surface area contributed by atoms with Crippen LogP contribution >= 0.6 is 0 Å². The molecule has 41 heavy (non-hydrogen) atoms. The van der Waals surface area contributed by atoms with Crippen LogP contribution in [0.3, 0.4) is 0 Å². The quantitative estimate of drug-likeness (QED) is 0.0704. The third-order valence-corrected chi connectivity index (χ3v) is 7.95. The van der Waals surface area contributed by atoms with Crippen LogP contribution in [-0.4, -0.2) is 24.6 Å². The summed E-state index contributed by atoms with van der Waals surface area (Å²) in [4.78, 5) is 25.1. The van der Waals surface area contributed by atoms with E-state index in [-0.39, 0.29) is 24.6 Å². The van der Waals surface area contributed by atoms with E-state index in [1.165, 1.54) is 31.8 Å². The summed E-state index contributed by atoms with van der Waals surface area (Å²) in [5.41, 5.74) is 15.5. The fourth-order valence-electron chi connectivity index (χ4n) is 5.52. The number of benzene rings is 2. The third kappa shape index (κ3) is 11.5. The van der Waals surface area contributed by atoms with Crippen LogP contribution in [0.25, 0.3) is 6.08 Å². The highest BCUT2D eigenvalue weighted by atomic mass is 16.5. The van der Waals surface area contributed by atoms with Gasteiger partial charge in [0.05, 0.1) is 12.2 Å². The van der Waals surface area contributed by atoms with E-state index in [2.05, 4.69) is 13.5 Å². The van der Waals surface area contributed by atoms with E-state index in [0.717, 1.165) is 68.4 Å². The predicted octanol–water partition coefficient (Wildman–Crippen LogP) is 8.23. The van der Waals surface area contributed by atoms with E-state index in [0.29, 0.717) is 16.9 Å². The number of hydrogen-bond acceptors (Lipinski definition) is 6. The minimum atomic E-state index is -0.417. The largest absolute Gasteiger partial charge is 0.462 e. The molecular weight excluding hydrogens is 512 g/mol. The van der Waals surface area contributed by atoms with Gasteiger partial charge in [0.15, 0.2) is 0 Å². The molecule has 1 fully saturated rings. The lowest BCUT2D eigenvalue weighted by Gasteiger charge is -2.28. The lowest BCUT2D eigenvalue weighted by atomic mass is 9.84. The molecule has 222 valence electrons. The summed E-state index contributed by atoms with van der Waals surface area (Å²) in [5.74, 6) is 0.0859. The van der Waals surface area contributed by atoms with Crippen molar-refractivity contribution in [3.8, 4) is 0 Å². The summed E-state index contributed by atoms with van der Waals surface area (Å²) in [6.07, 6.45) is 18.3. The normalized spacial score (nSPS) is 17.7. The van der Waals surface area contributed by atoms with Crippen LogP contribution in [-0.2, 0) is 14.3 Å². The van der Waals surface area contributed by atoms with Crippen molar-refractivity contribution in [3.63, 3.8) is 0 Å². The fraction of sp³-hybridized carbons (Fsp3) is 0.486. The van der Waals surface area contributed by atoms with Gasteiger partial charge in [-0.2, -0.15) is 0 Å². The number of carbonyl (C=O) groups is 2. The highest BCUT2D eigenvalue weighted by Crippen LogP contribution is 2.31. The smallest absolute Gasteiger partial charge is 0.338 e. The van der Waals surface area contributed by atoms with Gasteiger partial charge < -0.3 is 20.9 Å². The number of hydrogen-bond donors (Lipinski definition) is 2. The van der Waals surface area contributed by atoms with Gasteiger partial charge in [-0.25, -0.2) is 9.59 Å². The number of nitrogen functional groups attached to an aromatic ring is 2. The van der Waals surface area contributed by atoms with Crippen molar-refractivity contribution in [2.45, 2.75) is 96.0 Å². The lowest BCUT2D eigenvalue weighted by molar-refractivity contribution is -0.138. The summed E-state index contributed by atoms with van der Waals surface area (Å²) < 4.78 is 11.4. The molecule has 1 aliphatic carbocycles. The first-order valence-corrected chi connectivity index (χ1v) is 15.3. The summed E-state index contributed by atoms with van der Waals surface area (Å²) in [7, 11) is 0. The van der Waals surface area contributed by atoms with Crippen LogP contribution in [0.1, 0.15) is 111 Å². The Balaban J connectivity index is 1.42. The lowest BCUT2D eigenvalue weighted by Crippen LogP contribution is -2.24. The maximum absolute atomic E-state index is 12.7. The SMILES string of the molecule is C=CCCCCCC1CCC(OC(=O)c2ccc(/C=C/C(=O)OCC(CCCC)c3cc(N)cc(N)c3)cc2)CC1. The van der Waals surface area contributed by atoms with Crippen molar-refractivity contribution in [1.82, 2.24) is 0 Å². The molecule has 0 bridgehead atoms. The van der Waals surface area contributed by atoms with Gasteiger partial charge in [0.25, 0.3) is 0 Å². The maximum atomic E-state index is 12.7. The van der Waals surface area contributed by atoms with Crippen molar-refractivity contribution in [2.24, 2.45) is 5.92 Å². The molecule has 1 aliphatic rings. The zero-order valence-electron chi connectivity index (χ0n) is 24.7. The van der Waals surface area contributed by atoms with Crippen LogP contribution in [0.5, 0.6) is 0 Å². The van der Waals surface area contributed by atoms with Gasteiger partial charge in [-0.05, 0) is 98.4 Å². The molecule has 0 aliphatic heterocycles. The van der Waals surface area contributed by atoms with Gasteiger partial charge in [-0.3, -0.25) is 0 Å². The van der Waals surface area contributed by atoms with E-state index < -0.39 is 5.97 Å². The minimum Gasteiger partial charge on any atom is -0.462 e. The molecule has 2 aromatic rings. The Kier molecular flexibility index (Phi) is 13.5. The van der Waals surface area contributed by atoms with Gasteiger partial charge in [0, 0.05) is 23.4 Å². The van der Waals surface area contributed by atoms with Crippen LogP contribution in [0.15, 0.2) is 61.2 Å². The van der Waals surface area contributed by atoms with Crippen molar-refractivity contribution in [1.29, 1.82) is 0 Å². The second kappa shape index (κ2) is 17.3. The van der Waals surface area contributed by atoms with Gasteiger partial charge in [-0.15, -0.1) is 6.58 Å². The van der Waals surface area contributed by atoms with Gasteiger partial charge in [0.2, 0.25) is 0 Å². The standard InChI is InChI=1S/C35H48N2O4/c1-3-5-7-8-9-10-26-14-19-33(20-15-26)41-35(39)28-17-12-27(13-18-28)16-21-34(38)40-25-29(11-6-4-2)30-22-31(36)24-32(37)23-30/h3,12-13,16-18,21-24,26,29,33H,1,4-11,14-15,19-20,25,36-37H2,2H3/b21-16+. The number of esters is 2. The molecule has 0 saturated heterocycles. The first-order chi connectivity index (χ1) is 19.9. The Bertz CT molecular complexity index is 1110. The average molecular weight is 561 g/mol. The third-order valence-electron chi connectivity index (χ3n) is 7.95. The summed E-state index contributed by atoms with van der Waals surface area (Å²) >= 11 is 0. The number of unbranched alkanes of at least 4 members (excludes halogenated alkanes) is 4. The monoisotopic (exact) mass is 560 g/mol. The zero-order valence-corrected chi connectivity index (χ0v) is 24.7. The first kappa shape index (κ1) is 32.0.